The third-order valence-corrected chi connectivity index (χ3v) is 6.25. The van der Waals surface area contributed by atoms with Crippen LogP contribution in [0.3, 0.4) is 0 Å². The van der Waals surface area contributed by atoms with E-state index in [-0.39, 0.29) is 28.6 Å². The Bertz CT molecular complexity index is 1150. The first-order chi connectivity index (χ1) is 16.7. The fourth-order valence-electron chi connectivity index (χ4n) is 2.95. The van der Waals surface area contributed by atoms with Gasteiger partial charge in [0.05, 0.1) is 17.0 Å². The SMILES string of the molecule is CCCCCC(=O)NCCc1ccc(S(=O)(=O)NC(=O)c2ccc(C(=O)NC(=O)CN)nc2)cc1. The molecule has 0 aliphatic rings. The van der Waals surface area contributed by atoms with E-state index in [1.165, 1.54) is 24.3 Å². The molecule has 0 aliphatic carbocycles. The van der Waals surface area contributed by atoms with Gasteiger partial charge in [-0.3, -0.25) is 29.5 Å². The van der Waals surface area contributed by atoms with Gasteiger partial charge in [0.1, 0.15) is 5.69 Å². The van der Waals surface area contributed by atoms with E-state index >= 15 is 0 Å². The van der Waals surface area contributed by atoms with Gasteiger partial charge in [0.25, 0.3) is 21.8 Å². The van der Waals surface area contributed by atoms with Crippen LogP contribution < -0.4 is 21.1 Å². The highest BCUT2D eigenvalue weighted by molar-refractivity contribution is 7.90. The number of nitrogens with one attached hydrogen (secondary N) is 3. The Kier molecular flexibility index (Phi) is 10.5. The molecule has 11 nitrogen and oxygen atoms in total. The molecule has 0 bridgehead atoms. The van der Waals surface area contributed by atoms with E-state index < -0.39 is 27.7 Å². The Labute approximate surface area is 203 Å². The lowest BCUT2D eigenvalue weighted by atomic mass is 10.1. The largest absolute Gasteiger partial charge is 0.356 e. The number of aromatic nitrogens is 1. The molecular weight excluding hydrogens is 474 g/mol. The summed E-state index contributed by atoms with van der Waals surface area (Å²) in [6.45, 7) is 2.13. The highest BCUT2D eigenvalue weighted by Gasteiger charge is 2.20. The standard InChI is InChI=1S/C23H29N5O6S/c1-2-3-4-5-20(29)25-13-12-16-6-9-18(10-7-16)35(33,34)28-22(31)17-8-11-19(26-15-17)23(32)27-21(30)14-24/h6-11,15H,2-5,12-14,24H2,1H3,(H,25,29)(H,28,31)(H,27,30,32). The highest BCUT2D eigenvalue weighted by atomic mass is 32.2. The average Bonchev–Trinajstić information content (AvgIpc) is 2.84. The summed E-state index contributed by atoms with van der Waals surface area (Å²) in [5, 5.41) is 4.84. The number of nitrogens with zero attached hydrogens (tertiary/aromatic N) is 1. The van der Waals surface area contributed by atoms with Crippen LogP contribution in [0.5, 0.6) is 0 Å². The van der Waals surface area contributed by atoms with Gasteiger partial charge in [0.2, 0.25) is 11.8 Å². The summed E-state index contributed by atoms with van der Waals surface area (Å²) in [4.78, 5) is 50.8. The van der Waals surface area contributed by atoms with Crippen molar-refractivity contribution in [2.75, 3.05) is 13.1 Å². The van der Waals surface area contributed by atoms with Crippen molar-refractivity contribution in [2.24, 2.45) is 5.73 Å². The number of amides is 4. The van der Waals surface area contributed by atoms with Gasteiger partial charge in [-0.05, 0) is 42.7 Å². The molecule has 0 saturated heterocycles. The fraction of sp³-hybridized carbons (Fsp3) is 0.348. The number of carbonyl (C=O) groups excluding carboxylic acids is 4. The number of hydrogen-bond acceptors (Lipinski definition) is 8. The number of sulfonamides is 1. The van der Waals surface area contributed by atoms with Crippen LogP contribution in [0.25, 0.3) is 0 Å². The molecule has 0 saturated carbocycles. The highest BCUT2D eigenvalue weighted by Crippen LogP contribution is 2.12. The Morgan fingerprint density at radius 1 is 0.943 bits per heavy atom. The van der Waals surface area contributed by atoms with Crippen LogP contribution in [-0.2, 0) is 26.0 Å². The van der Waals surface area contributed by atoms with Crippen LogP contribution in [0.1, 0.15) is 59.0 Å². The quantitative estimate of drug-likeness (QED) is 0.305. The predicted octanol–water partition coefficient (Wildman–Crippen LogP) is 0.654. The van der Waals surface area contributed by atoms with Crippen molar-refractivity contribution in [3.05, 3.63) is 59.4 Å². The van der Waals surface area contributed by atoms with Crippen LogP contribution in [0, 0.1) is 0 Å². The van der Waals surface area contributed by atoms with Gasteiger partial charge >= 0.3 is 0 Å². The van der Waals surface area contributed by atoms with Crippen LogP contribution in [-0.4, -0.2) is 50.1 Å². The maximum atomic E-state index is 12.6. The second kappa shape index (κ2) is 13.3. The van der Waals surface area contributed by atoms with Gasteiger partial charge in [0, 0.05) is 19.2 Å². The van der Waals surface area contributed by atoms with Crippen molar-refractivity contribution >= 4 is 33.7 Å². The number of pyridine rings is 1. The summed E-state index contributed by atoms with van der Waals surface area (Å²) in [6.07, 6.45) is 4.96. The summed E-state index contributed by atoms with van der Waals surface area (Å²) in [5.74, 6) is -2.43. The zero-order valence-corrected chi connectivity index (χ0v) is 20.2. The number of hydrogen-bond donors (Lipinski definition) is 4. The molecule has 4 amide bonds. The van der Waals surface area contributed by atoms with Crippen molar-refractivity contribution < 1.29 is 27.6 Å². The molecule has 1 aromatic carbocycles. The Morgan fingerprint density at radius 3 is 2.26 bits per heavy atom. The second-order valence-electron chi connectivity index (χ2n) is 7.65. The molecule has 12 heteroatoms. The number of rotatable bonds is 12. The molecule has 2 rings (SSSR count). The van der Waals surface area contributed by atoms with Gasteiger partial charge in [0.15, 0.2) is 0 Å². The van der Waals surface area contributed by atoms with Gasteiger partial charge in [-0.1, -0.05) is 31.9 Å². The lowest BCUT2D eigenvalue weighted by Crippen LogP contribution is -2.36. The average molecular weight is 504 g/mol. The third-order valence-electron chi connectivity index (χ3n) is 4.90. The Morgan fingerprint density at radius 2 is 1.66 bits per heavy atom. The molecule has 35 heavy (non-hydrogen) atoms. The summed E-state index contributed by atoms with van der Waals surface area (Å²) < 4.78 is 27.1. The lowest BCUT2D eigenvalue weighted by molar-refractivity contribution is -0.121. The zero-order chi connectivity index (χ0) is 25.8. The molecule has 0 radical (unpaired) electrons. The smallest absolute Gasteiger partial charge is 0.276 e. The van der Waals surface area contributed by atoms with E-state index in [1.54, 1.807) is 12.1 Å². The topological polar surface area (TPSA) is 177 Å². The van der Waals surface area contributed by atoms with Crippen LogP contribution in [0.15, 0.2) is 47.5 Å². The number of nitrogens with two attached hydrogens (primary N) is 1. The van der Waals surface area contributed by atoms with Crippen LogP contribution in [0.2, 0.25) is 0 Å². The number of carbonyl (C=O) groups is 4. The summed E-state index contributed by atoms with van der Waals surface area (Å²) in [5.41, 5.74) is 5.71. The Hall–Kier alpha value is -3.64. The van der Waals surface area contributed by atoms with E-state index in [1.807, 2.05) is 10.0 Å². The summed E-state index contributed by atoms with van der Waals surface area (Å²) in [7, 11) is -4.15. The third kappa shape index (κ3) is 8.91. The predicted molar refractivity (Wildman–Crippen MR) is 128 cm³/mol. The van der Waals surface area contributed by atoms with E-state index in [9.17, 15) is 27.6 Å². The second-order valence-corrected chi connectivity index (χ2v) is 9.33. The van der Waals surface area contributed by atoms with Gasteiger partial charge in [-0.2, -0.15) is 0 Å². The van der Waals surface area contributed by atoms with Gasteiger partial charge in [-0.25, -0.2) is 13.1 Å². The van der Waals surface area contributed by atoms with Crippen molar-refractivity contribution in [3.8, 4) is 0 Å². The molecule has 0 aliphatic heterocycles. The van der Waals surface area contributed by atoms with Crippen molar-refractivity contribution in [1.29, 1.82) is 0 Å². The van der Waals surface area contributed by atoms with Gasteiger partial charge in [-0.15, -0.1) is 0 Å². The van der Waals surface area contributed by atoms with Crippen LogP contribution in [0.4, 0.5) is 0 Å². The van der Waals surface area contributed by atoms with Crippen molar-refractivity contribution in [3.63, 3.8) is 0 Å². The number of benzene rings is 1. The molecule has 0 fully saturated rings. The van der Waals surface area contributed by atoms with E-state index in [4.69, 9.17) is 5.73 Å². The molecule has 1 heterocycles. The summed E-state index contributed by atoms with van der Waals surface area (Å²) in [6, 6.07) is 8.35. The monoisotopic (exact) mass is 503 g/mol. The van der Waals surface area contributed by atoms with Crippen molar-refractivity contribution in [1.82, 2.24) is 20.3 Å². The van der Waals surface area contributed by atoms with E-state index in [2.05, 4.69) is 17.2 Å². The lowest BCUT2D eigenvalue weighted by Gasteiger charge is -2.09. The minimum atomic E-state index is -4.15. The van der Waals surface area contributed by atoms with E-state index in [0.717, 1.165) is 31.0 Å². The molecular formula is C23H29N5O6S. The molecule has 1 aromatic heterocycles. The zero-order valence-electron chi connectivity index (χ0n) is 19.4. The molecule has 0 unspecified atom stereocenters. The minimum absolute atomic E-state index is 0.00689. The molecule has 2 aromatic rings. The summed E-state index contributed by atoms with van der Waals surface area (Å²) >= 11 is 0. The normalized spacial score (nSPS) is 10.9. The van der Waals surface area contributed by atoms with E-state index in [0.29, 0.717) is 19.4 Å². The molecule has 0 atom stereocenters. The van der Waals surface area contributed by atoms with Crippen LogP contribution >= 0.6 is 0 Å². The fourth-order valence-corrected chi connectivity index (χ4v) is 3.92. The maximum Gasteiger partial charge on any atom is 0.276 e. The first kappa shape index (κ1) is 27.6. The first-order valence-corrected chi connectivity index (χ1v) is 12.6. The maximum absolute atomic E-state index is 12.6. The minimum Gasteiger partial charge on any atom is -0.356 e. The Balaban J connectivity index is 1.91. The number of imide groups is 1. The molecule has 188 valence electrons. The number of unbranched alkanes of at least 4 members (excludes halogenated alkanes) is 2. The first-order valence-electron chi connectivity index (χ1n) is 11.1. The van der Waals surface area contributed by atoms with Crippen molar-refractivity contribution in [2.45, 2.75) is 43.9 Å². The molecule has 5 N–H and O–H groups in total. The molecule has 0 spiro atoms. The van der Waals surface area contributed by atoms with Gasteiger partial charge < -0.3 is 11.1 Å².